The zero-order valence-corrected chi connectivity index (χ0v) is 18.9. The van der Waals surface area contributed by atoms with E-state index >= 15 is 0 Å². The van der Waals surface area contributed by atoms with Crippen molar-refractivity contribution in [2.24, 2.45) is 5.73 Å². The number of nitrogens with zero attached hydrogens (tertiary/aromatic N) is 1. The number of hydrogen-bond acceptors (Lipinski definition) is 6. The van der Waals surface area contributed by atoms with Crippen LogP contribution >= 0.6 is 0 Å². The first-order valence-corrected chi connectivity index (χ1v) is 10.4. The van der Waals surface area contributed by atoms with E-state index in [1.165, 1.54) is 4.90 Å². The van der Waals surface area contributed by atoms with Gasteiger partial charge in [0.15, 0.2) is 0 Å². The molecule has 2 heterocycles. The molecule has 0 radical (unpaired) electrons. The first-order chi connectivity index (χ1) is 13.1. The second kappa shape index (κ2) is 8.08. The smallest absolute Gasteiger partial charge is 0.457 e. The Morgan fingerprint density at radius 2 is 1.72 bits per heavy atom. The topological polar surface area (TPSA) is 111 Å². The number of ether oxygens (including phenoxy) is 1. The summed E-state index contributed by atoms with van der Waals surface area (Å²) in [6, 6.07) is -0.387. The van der Waals surface area contributed by atoms with Crippen molar-refractivity contribution >= 4 is 19.2 Å². The standard InChI is InChI=1S/C20H37BN2O6/c1-17(2,3)27-16(26)23-13-14(22)12-20(23,15(24)25)10-8-9-11-21-28-18(4,5)19(6,7)29-21/h14H,8-13,22H2,1-7H3,(H,24,25). The zero-order valence-electron chi connectivity index (χ0n) is 18.9. The lowest BCUT2D eigenvalue weighted by Crippen LogP contribution is -2.54. The Morgan fingerprint density at radius 1 is 1.17 bits per heavy atom. The quantitative estimate of drug-likeness (QED) is 0.509. The van der Waals surface area contributed by atoms with Crippen LogP contribution in [0.15, 0.2) is 0 Å². The van der Waals surface area contributed by atoms with Crippen molar-refractivity contribution in [2.75, 3.05) is 6.54 Å². The summed E-state index contributed by atoms with van der Waals surface area (Å²) in [6.07, 6.45) is 1.92. The van der Waals surface area contributed by atoms with Gasteiger partial charge in [-0.25, -0.2) is 9.59 Å². The van der Waals surface area contributed by atoms with Crippen LogP contribution in [0.2, 0.25) is 6.32 Å². The van der Waals surface area contributed by atoms with E-state index in [9.17, 15) is 14.7 Å². The predicted octanol–water partition coefficient (Wildman–Crippen LogP) is 3.04. The summed E-state index contributed by atoms with van der Waals surface area (Å²) >= 11 is 0. The van der Waals surface area contributed by atoms with Crippen LogP contribution in [0.3, 0.4) is 0 Å². The number of rotatable bonds is 6. The van der Waals surface area contributed by atoms with Crippen molar-refractivity contribution in [3.05, 3.63) is 0 Å². The fourth-order valence-electron chi connectivity index (χ4n) is 3.94. The van der Waals surface area contributed by atoms with E-state index in [2.05, 4.69) is 0 Å². The minimum Gasteiger partial charge on any atom is -0.479 e. The number of carboxylic acid groups (broad SMARTS) is 1. The first kappa shape index (κ1) is 24.0. The molecule has 2 atom stereocenters. The minimum atomic E-state index is -1.34. The molecule has 2 aliphatic heterocycles. The molecule has 0 aromatic heterocycles. The van der Waals surface area contributed by atoms with E-state index < -0.39 is 23.2 Å². The van der Waals surface area contributed by atoms with Crippen molar-refractivity contribution in [3.8, 4) is 0 Å². The molecule has 1 amide bonds. The van der Waals surface area contributed by atoms with Crippen LogP contribution in [0, 0.1) is 0 Å². The van der Waals surface area contributed by atoms with Crippen LogP contribution in [0.5, 0.6) is 0 Å². The molecular formula is C20H37BN2O6. The fourth-order valence-corrected chi connectivity index (χ4v) is 3.94. The van der Waals surface area contributed by atoms with Gasteiger partial charge in [-0.2, -0.15) is 0 Å². The molecule has 8 nitrogen and oxygen atoms in total. The van der Waals surface area contributed by atoms with Crippen LogP contribution in [0.4, 0.5) is 4.79 Å². The summed E-state index contributed by atoms with van der Waals surface area (Å²) in [4.78, 5) is 26.2. The molecule has 0 bridgehead atoms. The van der Waals surface area contributed by atoms with Gasteiger partial charge in [0.25, 0.3) is 0 Å². The van der Waals surface area contributed by atoms with Gasteiger partial charge in [-0.05, 0) is 67.6 Å². The molecular weight excluding hydrogens is 375 g/mol. The number of hydrogen-bond donors (Lipinski definition) is 2. The molecule has 2 aliphatic rings. The number of nitrogens with two attached hydrogens (primary N) is 1. The largest absolute Gasteiger partial charge is 0.479 e. The Balaban J connectivity index is 1.99. The van der Waals surface area contributed by atoms with Crippen molar-refractivity contribution in [1.82, 2.24) is 4.90 Å². The van der Waals surface area contributed by atoms with Crippen LogP contribution in [-0.2, 0) is 18.8 Å². The average Bonchev–Trinajstić information content (AvgIpc) is 2.96. The van der Waals surface area contributed by atoms with Gasteiger partial charge in [0.1, 0.15) is 11.1 Å². The molecule has 0 saturated carbocycles. The van der Waals surface area contributed by atoms with Crippen molar-refractivity contribution in [3.63, 3.8) is 0 Å². The highest BCUT2D eigenvalue weighted by Gasteiger charge is 2.54. The third kappa shape index (κ3) is 5.24. The molecule has 0 aromatic carbocycles. The molecule has 9 heteroatoms. The maximum Gasteiger partial charge on any atom is 0.457 e. The van der Waals surface area contributed by atoms with E-state index in [1.807, 2.05) is 27.7 Å². The normalized spacial score (nSPS) is 28.6. The average molecular weight is 412 g/mol. The van der Waals surface area contributed by atoms with Crippen molar-refractivity contribution in [1.29, 1.82) is 0 Å². The number of aliphatic carboxylic acids is 1. The Hall–Kier alpha value is -1.32. The Bertz CT molecular complexity index is 617. The third-order valence-electron chi connectivity index (χ3n) is 6.13. The summed E-state index contributed by atoms with van der Waals surface area (Å²) in [5.41, 5.74) is 3.25. The number of likely N-dealkylation sites (tertiary alicyclic amines) is 1. The highest BCUT2D eigenvalue weighted by Crippen LogP contribution is 2.39. The van der Waals surface area contributed by atoms with Crippen LogP contribution < -0.4 is 5.73 Å². The molecule has 2 rings (SSSR count). The SMILES string of the molecule is CC(C)(C)OC(=O)N1CC(N)CC1(CCCCB1OC(C)(C)C(C)(C)O1)C(=O)O. The minimum absolute atomic E-state index is 0.179. The molecule has 0 aliphatic carbocycles. The number of carboxylic acids is 1. The molecule has 166 valence electrons. The van der Waals surface area contributed by atoms with Gasteiger partial charge in [-0.3, -0.25) is 4.90 Å². The van der Waals surface area contributed by atoms with Gasteiger partial charge in [0.05, 0.1) is 11.2 Å². The second-order valence-corrected chi connectivity index (χ2v) is 10.3. The second-order valence-electron chi connectivity index (χ2n) is 10.3. The van der Waals surface area contributed by atoms with E-state index in [0.717, 1.165) is 6.42 Å². The molecule has 0 spiro atoms. The summed E-state index contributed by atoms with van der Waals surface area (Å²) in [5.74, 6) is -1.04. The molecule has 2 fully saturated rings. The first-order valence-electron chi connectivity index (χ1n) is 10.4. The van der Waals surface area contributed by atoms with Gasteiger partial charge in [-0.15, -0.1) is 0 Å². The van der Waals surface area contributed by atoms with Crippen LogP contribution in [-0.4, -0.2) is 64.1 Å². The van der Waals surface area contributed by atoms with E-state index in [-0.39, 0.29) is 37.3 Å². The maximum absolute atomic E-state index is 12.7. The van der Waals surface area contributed by atoms with E-state index in [1.54, 1.807) is 20.8 Å². The summed E-state index contributed by atoms with van der Waals surface area (Å²) < 4.78 is 17.4. The van der Waals surface area contributed by atoms with Gasteiger partial charge in [0.2, 0.25) is 0 Å². The maximum atomic E-state index is 12.7. The predicted molar refractivity (Wildman–Crippen MR) is 111 cm³/mol. The molecule has 0 aromatic rings. The molecule has 2 unspecified atom stereocenters. The van der Waals surface area contributed by atoms with Crippen molar-refractivity contribution in [2.45, 2.75) is 109 Å². The lowest BCUT2D eigenvalue weighted by molar-refractivity contribution is -0.150. The Kier molecular flexibility index (Phi) is 6.67. The van der Waals surface area contributed by atoms with Gasteiger partial charge in [-0.1, -0.05) is 12.8 Å². The van der Waals surface area contributed by atoms with Gasteiger partial charge in [0, 0.05) is 12.6 Å². The summed E-state index contributed by atoms with van der Waals surface area (Å²) in [5, 5.41) is 9.99. The van der Waals surface area contributed by atoms with E-state index in [0.29, 0.717) is 19.2 Å². The van der Waals surface area contributed by atoms with Gasteiger partial charge < -0.3 is 24.9 Å². The van der Waals surface area contributed by atoms with Gasteiger partial charge >= 0.3 is 19.2 Å². The third-order valence-corrected chi connectivity index (χ3v) is 6.13. The van der Waals surface area contributed by atoms with Crippen molar-refractivity contribution < 1.29 is 28.7 Å². The number of unbranched alkanes of at least 4 members (excludes halogenated alkanes) is 1. The summed E-state index contributed by atoms with van der Waals surface area (Å²) in [6.45, 7) is 13.5. The van der Waals surface area contributed by atoms with Crippen LogP contribution in [0.1, 0.15) is 74.1 Å². The highest BCUT2D eigenvalue weighted by atomic mass is 16.7. The Labute approximate surface area is 174 Å². The molecule has 2 saturated heterocycles. The lowest BCUT2D eigenvalue weighted by Gasteiger charge is -2.35. The highest BCUT2D eigenvalue weighted by molar-refractivity contribution is 6.45. The van der Waals surface area contributed by atoms with Crippen LogP contribution in [0.25, 0.3) is 0 Å². The fraction of sp³-hybridized carbons (Fsp3) is 0.900. The lowest BCUT2D eigenvalue weighted by atomic mass is 9.80. The Morgan fingerprint density at radius 3 is 2.21 bits per heavy atom. The number of carbonyl (C=O) groups excluding carboxylic acids is 1. The summed E-state index contributed by atoms with van der Waals surface area (Å²) in [7, 11) is -0.312. The number of amides is 1. The zero-order chi connectivity index (χ0) is 22.3. The number of carbonyl (C=O) groups is 2. The molecule has 29 heavy (non-hydrogen) atoms. The monoisotopic (exact) mass is 412 g/mol. The molecule has 3 N–H and O–H groups in total. The van der Waals surface area contributed by atoms with E-state index in [4.69, 9.17) is 19.8 Å².